The lowest BCUT2D eigenvalue weighted by atomic mass is 9.72. The van der Waals surface area contributed by atoms with Crippen molar-refractivity contribution in [2.75, 3.05) is 6.54 Å². The van der Waals surface area contributed by atoms with Crippen molar-refractivity contribution in [3.05, 3.63) is 76.9 Å². The lowest BCUT2D eigenvalue weighted by molar-refractivity contribution is -0.594. The van der Waals surface area contributed by atoms with E-state index in [1.54, 1.807) is 11.1 Å². The number of rotatable bonds is 5. The van der Waals surface area contributed by atoms with Crippen molar-refractivity contribution in [1.29, 1.82) is 0 Å². The summed E-state index contributed by atoms with van der Waals surface area (Å²) in [5.41, 5.74) is 10.1. The van der Waals surface area contributed by atoms with E-state index in [0.29, 0.717) is 0 Å². The Balaban J connectivity index is 1.99. The highest BCUT2D eigenvalue weighted by Crippen LogP contribution is 2.43. The van der Waals surface area contributed by atoms with Gasteiger partial charge in [-0.3, -0.25) is 0 Å². The molecule has 0 radical (unpaired) electrons. The number of nitrogens with zero attached hydrogens (tertiary/aromatic N) is 1. The molecular formula is C26H32N+. The monoisotopic (exact) mass is 358 g/mol. The zero-order valence-corrected chi connectivity index (χ0v) is 17.1. The van der Waals surface area contributed by atoms with Crippen molar-refractivity contribution >= 4 is 11.3 Å². The van der Waals surface area contributed by atoms with Gasteiger partial charge in [-0.15, -0.1) is 0 Å². The van der Waals surface area contributed by atoms with Crippen molar-refractivity contribution in [1.82, 2.24) is 0 Å². The zero-order valence-electron chi connectivity index (χ0n) is 17.1. The van der Waals surface area contributed by atoms with E-state index in [2.05, 4.69) is 74.4 Å². The van der Waals surface area contributed by atoms with E-state index in [9.17, 15) is 0 Å². The third-order valence-electron chi connectivity index (χ3n) is 6.94. The van der Waals surface area contributed by atoms with Crippen LogP contribution in [0.5, 0.6) is 0 Å². The van der Waals surface area contributed by atoms with Crippen molar-refractivity contribution in [3.8, 4) is 0 Å². The van der Waals surface area contributed by atoms with Gasteiger partial charge in [0.2, 0.25) is 5.71 Å². The number of fused-ring (bicyclic) bond motifs is 4. The molecule has 2 aromatic rings. The highest BCUT2D eigenvalue weighted by atomic mass is 15.1. The molecule has 0 aromatic heterocycles. The summed E-state index contributed by atoms with van der Waals surface area (Å²) in [6.07, 6.45) is 7.08. The maximum absolute atomic E-state index is 4.60. The Bertz CT molecular complexity index is 912. The maximum atomic E-state index is 4.60. The lowest BCUT2D eigenvalue weighted by Crippen LogP contribution is -2.51. The van der Waals surface area contributed by atoms with Crippen molar-refractivity contribution in [3.63, 3.8) is 0 Å². The van der Waals surface area contributed by atoms with Gasteiger partial charge in [-0.2, -0.15) is 0 Å². The zero-order chi connectivity index (χ0) is 19.0. The summed E-state index contributed by atoms with van der Waals surface area (Å²) < 4.78 is 2.70. The lowest BCUT2D eigenvalue weighted by Gasteiger charge is -2.39. The third kappa shape index (κ3) is 2.63. The molecule has 0 unspecified atom stereocenters. The van der Waals surface area contributed by atoms with E-state index in [4.69, 9.17) is 0 Å². The van der Waals surface area contributed by atoms with Crippen LogP contribution >= 0.6 is 0 Å². The van der Waals surface area contributed by atoms with Crippen LogP contribution in [0.2, 0.25) is 0 Å². The second-order valence-corrected chi connectivity index (χ2v) is 8.06. The molecule has 0 N–H and O–H groups in total. The first-order valence-corrected chi connectivity index (χ1v) is 10.7. The molecule has 0 fully saturated rings. The minimum Gasteiger partial charge on any atom is -0.219 e. The molecule has 1 heteroatoms. The first-order valence-electron chi connectivity index (χ1n) is 10.7. The molecule has 4 rings (SSSR count). The Labute approximate surface area is 164 Å². The number of hydrogen-bond donors (Lipinski definition) is 0. The van der Waals surface area contributed by atoms with Crippen LogP contribution in [0.15, 0.2) is 49.0 Å². The van der Waals surface area contributed by atoms with Gasteiger partial charge in [0.15, 0.2) is 5.54 Å². The molecule has 1 nitrogen and oxygen atoms in total. The quantitative estimate of drug-likeness (QED) is 0.575. The van der Waals surface area contributed by atoms with Crippen LogP contribution in [0.4, 0.5) is 0 Å². The fraction of sp³-hybridized carbons (Fsp3) is 0.423. The molecular weight excluding hydrogens is 326 g/mol. The maximum Gasteiger partial charge on any atom is 0.216 e. The Morgan fingerprint density at radius 2 is 1.63 bits per heavy atom. The van der Waals surface area contributed by atoms with Gasteiger partial charge in [-0.1, -0.05) is 64.1 Å². The van der Waals surface area contributed by atoms with E-state index < -0.39 is 0 Å². The molecule has 0 saturated heterocycles. The van der Waals surface area contributed by atoms with Crippen LogP contribution in [-0.4, -0.2) is 22.4 Å². The van der Waals surface area contributed by atoms with Gasteiger partial charge in [0.1, 0.15) is 6.54 Å². The fourth-order valence-corrected chi connectivity index (χ4v) is 5.38. The molecule has 2 aromatic carbocycles. The summed E-state index contributed by atoms with van der Waals surface area (Å²) in [6.45, 7) is 12.6. The van der Waals surface area contributed by atoms with Crippen molar-refractivity contribution < 1.29 is 4.58 Å². The molecule has 27 heavy (non-hydrogen) atoms. The molecule has 2 aliphatic heterocycles. The predicted molar refractivity (Wildman–Crippen MR) is 116 cm³/mol. The minimum atomic E-state index is 0.0425. The molecule has 0 bridgehead atoms. The Morgan fingerprint density at radius 1 is 0.926 bits per heavy atom. The minimum absolute atomic E-state index is 0.0425. The van der Waals surface area contributed by atoms with E-state index >= 15 is 0 Å². The Kier molecular flexibility index (Phi) is 4.80. The van der Waals surface area contributed by atoms with Crippen molar-refractivity contribution in [2.45, 2.75) is 64.8 Å². The highest BCUT2D eigenvalue weighted by Gasteiger charge is 2.49. The van der Waals surface area contributed by atoms with E-state index in [-0.39, 0.29) is 5.54 Å². The predicted octanol–water partition coefficient (Wildman–Crippen LogP) is 6.02. The largest absolute Gasteiger partial charge is 0.219 e. The van der Waals surface area contributed by atoms with E-state index in [1.165, 1.54) is 47.2 Å². The van der Waals surface area contributed by atoms with Gasteiger partial charge in [0.25, 0.3) is 0 Å². The Morgan fingerprint density at radius 3 is 2.33 bits per heavy atom. The second kappa shape index (κ2) is 7.11. The summed E-state index contributed by atoms with van der Waals surface area (Å²) >= 11 is 0. The standard InChI is InChI=1S/C26H32N/c1-5-8-12-20-13-11-16-24-22(20)17-18-27-25(24)23-15-10-9-14-21(23)19(4)26(27,6-2)7-3/h9-11,13-16H,4-8,12,17-18H2,1-3H3/q+1. The summed E-state index contributed by atoms with van der Waals surface area (Å²) in [7, 11) is 0. The molecule has 0 aliphatic carbocycles. The van der Waals surface area contributed by atoms with Gasteiger partial charge in [0.05, 0.1) is 11.1 Å². The normalized spacial score (nSPS) is 17.4. The fourth-order valence-electron chi connectivity index (χ4n) is 5.38. The van der Waals surface area contributed by atoms with Crippen LogP contribution in [-0.2, 0) is 12.8 Å². The second-order valence-electron chi connectivity index (χ2n) is 8.06. The van der Waals surface area contributed by atoms with Gasteiger partial charge in [-0.05, 0) is 41.7 Å². The molecule has 0 spiro atoms. The molecule has 0 saturated carbocycles. The smallest absolute Gasteiger partial charge is 0.216 e. The first kappa shape index (κ1) is 18.2. The van der Waals surface area contributed by atoms with Gasteiger partial charge in [-0.25, -0.2) is 4.58 Å². The number of benzene rings is 2. The van der Waals surface area contributed by atoms with Gasteiger partial charge < -0.3 is 0 Å². The summed E-state index contributed by atoms with van der Waals surface area (Å²) in [5.74, 6) is 0. The number of aryl methyl sites for hydroxylation is 1. The topological polar surface area (TPSA) is 3.01 Å². The molecule has 140 valence electrons. The average molecular weight is 359 g/mol. The number of unbranched alkanes of at least 4 members (excludes halogenated alkanes) is 1. The summed E-state index contributed by atoms with van der Waals surface area (Å²) in [5, 5.41) is 0. The first-order chi connectivity index (χ1) is 13.2. The van der Waals surface area contributed by atoms with Crippen molar-refractivity contribution in [2.24, 2.45) is 0 Å². The third-order valence-corrected chi connectivity index (χ3v) is 6.94. The average Bonchev–Trinajstić information content (AvgIpc) is 2.72. The van der Waals surface area contributed by atoms with Gasteiger partial charge in [0, 0.05) is 24.8 Å². The number of hydrogen-bond acceptors (Lipinski definition) is 0. The molecule has 2 heterocycles. The van der Waals surface area contributed by atoms with Crippen LogP contribution in [0.25, 0.3) is 5.57 Å². The summed E-state index contributed by atoms with van der Waals surface area (Å²) in [6, 6.07) is 15.9. The molecule has 2 aliphatic rings. The van der Waals surface area contributed by atoms with Crippen LogP contribution in [0.1, 0.15) is 74.3 Å². The molecule has 0 amide bonds. The van der Waals surface area contributed by atoms with E-state index in [0.717, 1.165) is 25.8 Å². The SMILES string of the molecule is C=C1c2ccccc2C2=[N+](CCc3c(CCCC)cccc32)C1(CC)CC. The Hall–Kier alpha value is -2.15. The van der Waals surface area contributed by atoms with Gasteiger partial charge >= 0.3 is 0 Å². The van der Waals surface area contributed by atoms with Crippen LogP contribution in [0.3, 0.4) is 0 Å². The summed E-state index contributed by atoms with van der Waals surface area (Å²) in [4.78, 5) is 0. The van der Waals surface area contributed by atoms with Crippen LogP contribution < -0.4 is 0 Å². The molecule has 0 atom stereocenters. The highest BCUT2D eigenvalue weighted by molar-refractivity contribution is 6.15. The van der Waals surface area contributed by atoms with Crippen LogP contribution in [0, 0.1) is 0 Å². The van der Waals surface area contributed by atoms with E-state index in [1.807, 2.05) is 0 Å².